The molecule has 1 N–H and O–H groups in total. The van der Waals surface area contributed by atoms with Crippen molar-refractivity contribution in [3.05, 3.63) is 17.8 Å². The third-order valence-corrected chi connectivity index (χ3v) is 3.01. The predicted octanol–water partition coefficient (Wildman–Crippen LogP) is 1.88. The lowest BCUT2D eigenvalue weighted by Crippen LogP contribution is -2.29. The molecule has 1 fully saturated rings. The molecule has 0 aliphatic carbocycles. The van der Waals surface area contributed by atoms with Crippen LogP contribution in [0.4, 0.5) is 0 Å². The zero-order chi connectivity index (χ0) is 10.8. The van der Waals surface area contributed by atoms with Crippen LogP contribution in [0.5, 0.6) is 0 Å². The number of nitrogens with zero attached hydrogens (tertiary/aromatic N) is 2. The van der Waals surface area contributed by atoms with E-state index in [1.807, 2.05) is 0 Å². The molecule has 4 nitrogen and oxygen atoms in total. The van der Waals surface area contributed by atoms with E-state index in [9.17, 15) is 5.11 Å². The van der Waals surface area contributed by atoms with Gasteiger partial charge in [0.25, 0.3) is 0 Å². The molecule has 84 valence electrons. The van der Waals surface area contributed by atoms with Crippen molar-refractivity contribution < 1.29 is 9.52 Å². The number of hydrogen-bond donors (Lipinski definition) is 1. The Hall–Kier alpha value is -0.870. The van der Waals surface area contributed by atoms with Crippen molar-refractivity contribution in [2.75, 3.05) is 13.6 Å². The summed E-state index contributed by atoms with van der Waals surface area (Å²) >= 11 is 0. The normalized spacial score (nSPS) is 25.4. The number of aliphatic hydroxyl groups is 1. The highest BCUT2D eigenvalue weighted by molar-refractivity contribution is 5.01. The summed E-state index contributed by atoms with van der Waals surface area (Å²) < 4.78 is 5.55. The van der Waals surface area contributed by atoms with Crippen molar-refractivity contribution in [1.29, 1.82) is 0 Å². The van der Waals surface area contributed by atoms with Crippen LogP contribution >= 0.6 is 0 Å². The van der Waals surface area contributed by atoms with Crippen LogP contribution < -0.4 is 0 Å². The lowest BCUT2D eigenvalue weighted by atomic mass is 10.0. The number of hydrogen-bond acceptors (Lipinski definition) is 4. The van der Waals surface area contributed by atoms with Gasteiger partial charge in [0.2, 0.25) is 5.89 Å². The van der Waals surface area contributed by atoms with Crippen LogP contribution in [0.25, 0.3) is 0 Å². The van der Waals surface area contributed by atoms with Crippen molar-refractivity contribution in [1.82, 2.24) is 9.88 Å². The van der Waals surface area contributed by atoms with Crippen LogP contribution in [0, 0.1) is 0 Å². The fourth-order valence-corrected chi connectivity index (χ4v) is 2.04. The van der Waals surface area contributed by atoms with Gasteiger partial charge >= 0.3 is 0 Å². The van der Waals surface area contributed by atoms with Gasteiger partial charge in [0.15, 0.2) is 5.76 Å². The molecular weight excluding hydrogens is 192 g/mol. The van der Waals surface area contributed by atoms with Gasteiger partial charge in [0.1, 0.15) is 6.10 Å². The molecule has 4 heteroatoms. The Morgan fingerprint density at radius 3 is 3.00 bits per heavy atom. The molecule has 1 aromatic rings. The van der Waals surface area contributed by atoms with E-state index in [0.717, 1.165) is 18.9 Å². The maximum Gasteiger partial charge on any atom is 0.211 e. The van der Waals surface area contributed by atoms with Crippen molar-refractivity contribution >= 4 is 0 Å². The molecule has 0 bridgehead atoms. The molecule has 2 heterocycles. The molecule has 1 aromatic heterocycles. The summed E-state index contributed by atoms with van der Waals surface area (Å²) in [5.41, 5.74) is 0. The van der Waals surface area contributed by atoms with Gasteiger partial charge in [-0.1, -0.05) is 6.42 Å². The van der Waals surface area contributed by atoms with E-state index in [-0.39, 0.29) is 6.04 Å². The molecule has 0 amide bonds. The standard InChI is InChI=1S/C11H18N2O2/c1-8(14)10-7-12-11(15-10)9-5-3-4-6-13(9)2/h7-9,14H,3-6H2,1-2H3. The summed E-state index contributed by atoms with van der Waals surface area (Å²) in [5.74, 6) is 1.30. The average molecular weight is 210 g/mol. The van der Waals surface area contributed by atoms with Crippen molar-refractivity contribution in [2.45, 2.75) is 38.3 Å². The van der Waals surface area contributed by atoms with Gasteiger partial charge in [-0.3, -0.25) is 4.90 Å². The van der Waals surface area contributed by atoms with E-state index < -0.39 is 6.10 Å². The Kier molecular flexibility index (Phi) is 3.07. The summed E-state index contributed by atoms with van der Waals surface area (Å²) in [7, 11) is 2.09. The van der Waals surface area contributed by atoms with Crippen LogP contribution in [0.3, 0.4) is 0 Å². The predicted molar refractivity (Wildman–Crippen MR) is 56.4 cm³/mol. The molecule has 2 rings (SSSR count). The van der Waals surface area contributed by atoms with Crippen LogP contribution in [-0.4, -0.2) is 28.6 Å². The highest BCUT2D eigenvalue weighted by Gasteiger charge is 2.25. The molecule has 0 aromatic carbocycles. The van der Waals surface area contributed by atoms with Gasteiger partial charge in [-0.05, 0) is 33.4 Å². The molecule has 0 saturated carbocycles. The highest BCUT2D eigenvalue weighted by atomic mass is 16.4. The fourth-order valence-electron chi connectivity index (χ4n) is 2.04. The second kappa shape index (κ2) is 4.33. The molecule has 2 atom stereocenters. The lowest BCUT2D eigenvalue weighted by Gasteiger charge is -2.29. The third kappa shape index (κ3) is 2.21. The molecule has 0 radical (unpaired) electrons. The van der Waals surface area contributed by atoms with Crippen LogP contribution in [0.1, 0.15) is 50.0 Å². The van der Waals surface area contributed by atoms with Gasteiger partial charge in [-0.25, -0.2) is 4.98 Å². The van der Waals surface area contributed by atoms with Gasteiger partial charge < -0.3 is 9.52 Å². The lowest BCUT2D eigenvalue weighted by molar-refractivity contribution is 0.137. The fraction of sp³-hybridized carbons (Fsp3) is 0.727. The van der Waals surface area contributed by atoms with E-state index in [4.69, 9.17) is 4.42 Å². The number of likely N-dealkylation sites (tertiary alicyclic amines) is 1. The first-order valence-electron chi connectivity index (χ1n) is 5.52. The minimum absolute atomic E-state index is 0.284. The Bertz CT molecular complexity index is 322. The van der Waals surface area contributed by atoms with E-state index in [1.54, 1.807) is 13.1 Å². The quantitative estimate of drug-likeness (QED) is 0.809. The Balaban J connectivity index is 2.13. The number of rotatable bonds is 2. The largest absolute Gasteiger partial charge is 0.441 e. The van der Waals surface area contributed by atoms with Gasteiger partial charge in [0.05, 0.1) is 12.2 Å². The number of aliphatic hydroxyl groups excluding tert-OH is 1. The average Bonchev–Trinajstić information content (AvgIpc) is 2.67. The summed E-state index contributed by atoms with van der Waals surface area (Å²) in [4.78, 5) is 6.51. The van der Waals surface area contributed by atoms with Crippen molar-refractivity contribution in [2.24, 2.45) is 0 Å². The molecular formula is C11H18N2O2. The van der Waals surface area contributed by atoms with Gasteiger partial charge in [-0.2, -0.15) is 0 Å². The minimum Gasteiger partial charge on any atom is -0.441 e. The maximum atomic E-state index is 9.35. The van der Waals surface area contributed by atoms with E-state index in [2.05, 4.69) is 16.9 Å². The number of aromatic nitrogens is 1. The first-order valence-corrected chi connectivity index (χ1v) is 5.52. The molecule has 1 saturated heterocycles. The van der Waals surface area contributed by atoms with E-state index >= 15 is 0 Å². The zero-order valence-corrected chi connectivity index (χ0v) is 9.31. The van der Waals surface area contributed by atoms with E-state index in [0.29, 0.717) is 5.76 Å². The Morgan fingerprint density at radius 2 is 2.40 bits per heavy atom. The number of piperidine rings is 1. The van der Waals surface area contributed by atoms with Crippen LogP contribution in [-0.2, 0) is 0 Å². The highest BCUT2D eigenvalue weighted by Crippen LogP contribution is 2.29. The zero-order valence-electron chi connectivity index (χ0n) is 9.31. The Labute approximate surface area is 89.9 Å². The second-order valence-electron chi connectivity index (χ2n) is 4.27. The van der Waals surface area contributed by atoms with E-state index in [1.165, 1.54) is 12.8 Å². The van der Waals surface area contributed by atoms with Crippen molar-refractivity contribution in [3.63, 3.8) is 0 Å². The topological polar surface area (TPSA) is 49.5 Å². The van der Waals surface area contributed by atoms with Gasteiger partial charge in [0, 0.05) is 0 Å². The summed E-state index contributed by atoms with van der Waals surface area (Å²) in [6.07, 6.45) is 4.62. The first kappa shape index (κ1) is 10.6. The van der Waals surface area contributed by atoms with Crippen molar-refractivity contribution in [3.8, 4) is 0 Å². The molecule has 15 heavy (non-hydrogen) atoms. The summed E-state index contributed by atoms with van der Waals surface area (Å²) in [6, 6.07) is 0.284. The minimum atomic E-state index is -0.569. The molecule has 1 aliphatic heterocycles. The maximum absolute atomic E-state index is 9.35. The first-order chi connectivity index (χ1) is 7.18. The molecule has 2 unspecified atom stereocenters. The smallest absolute Gasteiger partial charge is 0.211 e. The monoisotopic (exact) mass is 210 g/mol. The third-order valence-electron chi connectivity index (χ3n) is 3.01. The van der Waals surface area contributed by atoms with Crippen LogP contribution in [0.2, 0.25) is 0 Å². The summed E-state index contributed by atoms with van der Waals surface area (Å²) in [5, 5.41) is 9.35. The number of oxazole rings is 1. The Morgan fingerprint density at radius 1 is 1.60 bits per heavy atom. The van der Waals surface area contributed by atoms with Crippen LogP contribution in [0.15, 0.2) is 10.6 Å². The summed E-state index contributed by atoms with van der Waals surface area (Å²) in [6.45, 7) is 2.78. The molecule has 0 spiro atoms. The van der Waals surface area contributed by atoms with Gasteiger partial charge in [-0.15, -0.1) is 0 Å². The SMILES string of the molecule is CC(O)c1cnc(C2CCCCN2C)o1. The second-order valence-corrected chi connectivity index (χ2v) is 4.27. The molecule has 1 aliphatic rings.